The van der Waals surface area contributed by atoms with Gasteiger partial charge in [0.1, 0.15) is 5.73 Å². The maximum Gasteiger partial charge on any atom is 0.525 e. The van der Waals surface area contributed by atoms with E-state index < -0.39 is 24.0 Å². The summed E-state index contributed by atoms with van der Waals surface area (Å²) in [6.07, 6.45) is 1.44. The predicted molar refractivity (Wildman–Crippen MR) is 79.3 cm³/mol. The van der Waals surface area contributed by atoms with Crippen LogP contribution in [0.25, 0.3) is 6.08 Å². The molecule has 0 spiro atoms. The van der Waals surface area contributed by atoms with Gasteiger partial charge in [0.05, 0.1) is 11.2 Å². The second kappa shape index (κ2) is 5.04. The molecule has 19 heavy (non-hydrogen) atoms. The van der Waals surface area contributed by atoms with E-state index in [1.54, 1.807) is 0 Å². The Morgan fingerprint density at radius 1 is 1.21 bits per heavy atom. The van der Waals surface area contributed by atoms with Gasteiger partial charge in [-0.1, -0.05) is 28.1 Å². The van der Waals surface area contributed by atoms with Crippen LogP contribution in [0.2, 0.25) is 0 Å². The molecule has 2 nitrogen and oxygen atoms in total. The van der Waals surface area contributed by atoms with Crippen LogP contribution < -0.4 is 0 Å². The molecule has 0 amide bonds. The average Bonchev–Trinajstić information content (AvgIpc) is 2.48. The maximum atomic E-state index is 14.2. The fourth-order valence-electron chi connectivity index (χ4n) is 1.78. The van der Waals surface area contributed by atoms with Gasteiger partial charge in [-0.15, -0.1) is 0 Å². The van der Waals surface area contributed by atoms with Crippen molar-refractivity contribution in [2.24, 2.45) is 0 Å². The molecule has 1 aromatic rings. The number of hydrogen-bond donors (Lipinski definition) is 0. The van der Waals surface area contributed by atoms with E-state index in [-0.39, 0.29) is 0 Å². The lowest BCUT2D eigenvalue weighted by Crippen LogP contribution is -2.41. The molecule has 0 bridgehead atoms. The minimum absolute atomic E-state index is 0.420. The summed E-state index contributed by atoms with van der Waals surface area (Å²) in [6, 6.07) is 7.41. The molecule has 0 N–H and O–H groups in total. The third kappa shape index (κ3) is 3.10. The van der Waals surface area contributed by atoms with Gasteiger partial charge in [0, 0.05) is 4.47 Å². The zero-order valence-corrected chi connectivity index (χ0v) is 13.1. The minimum Gasteiger partial charge on any atom is -0.398 e. The van der Waals surface area contributed by atoms with E-state index in [0.29, 0.717) is 0 Å². The summed E-state index contributed by atoms with van der Waals surface area (Å²) in [4.78, 5) is 0. The Bertz CT molecular complexity index is 498. The fraction of sp³-hybridized carbons (Fsp3) is 0.429. The molecule has 0 atom stereocenters. The van der Waals surface area contributed by atoms with Gasteiger partial charge in [0.25, 0.3) is 0 Å². The van der Waals surface area contributed by atoms with Crippen LogP contribution in [0.5, 0.6) is 0 Å². The van der Waals surface area contributed by atoms with Crippen LogP contribution in [-0.4, -0.2) is 18.3 Å². The summed E-state index contributed by atoms with van der Waals surface area (Å²) in [7, 11) is -0.941. The number of halogens is 2. The zero-order chi connectivity index (χ0) is 14.3. The first-order valence-corrected chi connectivity index (χ1v) is 6.99. The average molecular weight is 327 g/mol. The van der Waals surface area contributed by atoms with Gasteiger partial charge in [-0.25, -0.2) is 4.39 Å². The van der Waals surface area contributed by atoms with Crippen molar-refractivity contribution in [3.8, 4) is 0 Å². The van der Waals surface area contributed by atoms with E-state index in [1.165, 1.54) is 6.08 Å². The van der Waals surface area contributed by atoms with Crippen molar-refractivity contribution in [3.63, 3.8) is 0 Å². The monoisotopic (exact) mass is 326 g/mol. The summed E-state index contributed by atoms with van der Waals surface area (Å²) in [5.41, 5.74) is -0.710. The van der Waals surface area contributed by atoms with Crippen LogP contribution in [0.3, 0.4) is 0 Å². The molecule has 0 unspecified atom stereocenters. The molecule has 0 aliphatic carbocycles. The van der Waals surface area contributed by atoms with Gasteiger partial charge >= 0.3 is 7.12 Å². The Labute approximate surface area is 122 Å². The molecular weight excluding hydrogens is 310 g/mol. The third-order valence-electron chi connectivity index (χ3n) is 3.63. The summed E-state index contributed by atoms with van der Waals surface area (Å²) in [5.74, 6) is 0. The molecule has 0 aromatic heterocycles. The molecule has 2 rings (SSSR count). The lowest BCUT2D eigenvalue weighted by Gasteiger charge is -2.32. The molecule has 0 saturated carbocycles. The molecule has 1 saturated heterocycles. The van der Waals surface area contributed by atoms with Crippen molar-refractivity contribution in [1.29, 1.82) is 0 Å². The molecule has 0 radical (unpaired) electrons. The molecule has 1 aliphatic rings. The van der Waals surface area contributed by atoms with Crippen LogP contribution in [0.4, 0.5) is 4.39 Å². The lowest BCUT2D eigenvalue weighted by atomic mass is 9.87. The topological polar surface area (TPSA) is 18.5 Å². The molecule has 1 fully saturated rings. The van der Waals surface area contributed by atoms with Crippen molar-refractivity contribution in [2.75, 3.05) is 0 Å². The van der Waals surface area contributed by atoms with E-state index in [9.17, 15) is 4.39 Å². The summed E-state index contributed by atoms with van der Waals surface area (Å²) >= 11 is 3.36. The normalized spacial score (nSPS) is 21.8. The number of hydrogen-bond acceptors (Lipinski definition) is 2. The van der Waals surface area contributed by atoms with E-state index in [4.69, 9.17) is 9.31 Å². The summed E-state index contributed by atoms with van der Waals surface area (Å²) in [5, 5.41) is 0. The quantitative estimate of drug-likeness (QED) is 0.750. The molecule has 102 valence electrons. The Hall–Kier alpha value is -0.645. The van der Waals surface area contributed by atoms with E-state index in [0.717, 1.165) is 10.0 Å². The Balaban J connectivity index is 2.20. The Kier molecular flexibility index (Phi) is 3.91. The van der Waals surface area contributed by atoms with Gasteiger partial charge in [-0.3, -0.25) is 0 Å². The Morgan fingerprint density at radius 3 is 2.32 bits per heavy atom. The predicted octanol–water partition coefficient (Wildman–Crippen LogP) is 4.39. The van der Waals surface area contributed by atoms with Gasteiger partial charge in [0.15, 0.2) is 0 Å². The zero-order valence-electron chi connectivity index (χ0n) is 11.5. The van der Waals surface area contributed by atoms with E-state index >= 15 is 0 Å². The first kappa shape index (κ1) is 14.8. The van der Waals surface area contributed by atoms with Crippen molar-refractivity contribution < 1.29 is 13.7 Å². The smallest absolute Gasteiger partial charge is 0.398 e. The molecule has 1 aromatic carbocycles. The third-order valence-corrected chi connectivity index (χ3v) is 4.12. The van der Waals surface area contributed by atoms with E-state index in [1.807, 2.05) is 52.0 Å². The van der Waals surface area contributed by atoms with E-state index in [2.05, 4.69) is 15.9 Å². The van der Waals surface area contributed by atoms with Crippen LogP contribution >= 0.6 is 15.9 Å². The molecule has 1 heterocycles. The highest BCUT2D eigenvalue weighted by Crippen LogP contribution is 2.39. The van der Waals surface area contributed by atoms with Crippen LogP contribution in [0.15, 0.2) is 34.5 Å². The largest absolute Gasteiger partial charge is 0.525 e. The van der Waals surface area contributed by atoms with Crippen LogP contribution in [0, 0.1) is 0 Å². The van der Waals surface area contributed by atoms with Crippen molar-refractivity contribution in [3.05, 3.63) is 40.0 Å². The minimum atomic E-state index is -0.941. The van der Waals surface area contributed by atoms with Gasteiger partial charge in [0.2, 0.25) is 0 Å². The Morgan fingerprint density at radius 2 is 1.79 bits per heavy atom. The van der Waals surface area contributed by atoms with Gasteiger partial charge < -0.3 is 9.31 Å². The highest BCUT2D eigenvalue weighted by atomic mass is 79.9. The standard InChI is InChI=1S/C14H17BBrFO2/c1-13(2)14(3,4)19-15(18-13)12(17)9-10-6-5-7-11(16)8-10/h5-9H,1-4H3. The molecule has 5 heteroatoms. The SMILES string of the molecule is CC1(C)OB(C(F)=Cc2cccc(Br)c2)OC1(C)C. The summed E-state index contributed by atoms with van der Waals surface area (Å²) < 4.78 is 26.4. The highest BCUT2D eigenvalue weighted by Gasteiger charge is 2.52. The number of rotatable bonds is 2. The lowest BCUT2D eigenvalue weighted by molar-refractivity contribution is 0.00578. The van der Waals surface area contributed by atoms with Crippen molar-refractivity contribution >= 4 is 29.1 Å². The molecular formula is C14H17BBrFO2. The van der Waals surface area contributed by atoms with Gasteiger partial charge in [-0.2, -0.15) is 0 Å². The second-order valence-corrected chi connectivity index (χ2v) is 6.59. The number of benzene rings is 1. The first-order valence-electron chi connectivity index (χ1n) is 6.20. The maximum absolute atomic E-state index is 14.2. The van der Waals surface area contributed by atoms with Gasteiger partial charge in [-0.05, 0) is 51.5 Å². The second-order valence-electron chi connectivity index (χ2n) is 5.67. The highest BCUT2D eigenvalue weighted by molar-refractivity contribution is 9.10. The summed E-state index contributed by atoms with van der Waals surface area (Å²) in [6.45, 7) is 7.61. The van der Waals surface area contributed by atoms with Crippen LogP contribution in [-0.2, 0) is 9.31 Å². The van der Waals surface area contributed by atoms with Crippen LogP contribution in [0.1, 0.15) is 33.3 Å². The van der Waals surface area contributed by atoms with Crippen molar-refractivity contribution in [2.45, 2.75) is 38.9 Å². The first-order chi connectivity index (χ1) is 8.71. The molecule has 1 aliphatic heterocycles. The fourth-order valence-corrected chi connectivity index (χ4v) is 2.20. The van der Waals surface area contributed by atoms with Crippen molar-refractivity contribution in [1.82, 2.24) is 0 Å².